The van der Waals surface area contributed by atoms with Crippen LogP contribution in [0.5, 0.6) is 5.75 Å². The van der Waals surface area contributed by atoms with Crippen LogP contribution in [-0.2, 0) is 23.4 Å². The van der Waals surface area contributed by atoms with E-state index in [4.69, 9.17) is 24.3 Å². The molecule has 15 heteroatoms. The summed E-state index contributed by atoms with van der Waals surface area (Å²) in [5, 5.41) is 36.8. The summed E-state index contributed by atoms with van der Waals surface area (Å²) in [5.41, 5.74) is 0.929. The molecule has 14 nitrogen and oxygen atoms in total. The van der Waals surface area contributed by atoms with Crippen molar-refractivity contribution in [1.29, 1.82) is 5.26 Å². The number of amides is 2. The van der Waals surface area contributed by atoms with Gasteiger partial charge in [0, 0.05) is 6.20 Å². The second kappa shape index (κ2) is 11.4. The number of hydrogen-bond donors (Lipinski definition) is 5. The number of nitrogens with one attached hydrogen (secondary N) is 2. The number of carbonyl (C=O) groups is 2. The molecule has 208 valence electrons. The van der Waals surface area contributed by atoms with Crippen LogP contribution in [0.15, 0.2) is 42.6 Å². The van der Waals surface area contributed by atoms with E-state index in [2.05, 4.69) is 10.4 Å². The van der Waals surface area contributed by atoms with E-state index in [0.717, 1.165) is 18.0 Å². The number of benzene rings is 1. The molecule has 2 aliphatic heterocycles. The van der Waals surface area contributed by atoms with Crippen LogP contribution in [0.25, 0.3) is 0 Å². The molecule has 0 aliphatic carbocycles. The van der Waals surface area contributed by atoms with E-state index in [1.54, 1.807) is 38.1 Å². The maximum absolute atomic E-state index is 13.7. The molecular weight excluding hydrogens is 521 g/mol. The van der Waals surface area contributed by atoms with E-state index in [1.165, 1.54) is 25.1 Å². The Morgan fingerprint density at radius 2 is 2.03 bits per heavy atom. The van der Waals surface area contributed by atoms with Crippen molar-refractivity contribution in [3.05, 3.63) is 42.6 Å². The lowest BCUT2D eigenvalue weighted by molar-refractivity contribution is -0.156. The van der Waals surface area contributed by atoms with E-state index < -0.39 is 68.2 Å². The Hall–Kier alpha value is -3.02. The van der Waals surface area contributed by atoms with Gasteiger partial charge in [0.25, 0.3) is 5.72 Å². The lowest BCUT2D eigenvalue weighted by Crippen LogP contribution is -2.66. The highest BCUT2D eigenvalue weighted by molar-refractivity contribution is 7.52. The number of carbonyl (C=O) groups excluding carboxylic acids is 2. The molecule has 3 rings (SSSR count). The van der Waals surface area contributed by atoms with E-state index in [0.29, 0.717) is 0 Å². The van der Waals surface area contributed by atoms with Gasteiger partial charge in [0.05, 0.1) is 18.9 Å². The van der Waals surface area contributed by atoms with E-state index in [-0.39, 0.29) is 5.75 Å². The van der Waals surface area contributed by atoms with Crippen molar-refractivity contribution in [1.82, 2.24) is 15.3 Å². The van der Waals surface area contributed by atoms with Crippen molar-refractivity contribution in [2.75, 3.05) is 6.61 Å². The number of esters is 1. The van der Waals surface area contributed by atoms with Gasteiger partial charge in [0.2, 0.25) is 0 Å². The highest BCUT2D eigenvalue weighted by atomic mass is 31.2. The maximum Gasteiger partial charge on any atom is 0.459 e. The zero-order valence-electron chi connectivity index (χ0n) is 21.3. The van der Waals surface area contributed by atoms with E-state index in [9.17, 15) is 29.6 Å². The SMILES string of the molecule is CC(C)OC(=O)[C@H](C)NP(=O)(OC[C@H]1O[C@@](C#N)(N2C=CC(N)NC2=O)[C@](C)(O)[C@@H]1O)Oc1ccccc1. The zero-order valence-corrected chi connectivity index (χ0v) is 22.2. The fraction of sp³-hybridized carbons (Fsp3) is 0.522. The first-order valence-corrected chi connectivity index (χ1v) is 13.3. The summed E-state index contributed by atoms with van der Waals surface area (Å²) in [7, 11) is -4.35. The largest absolute Gasteiger partial charge is 0.462 e. The van der Waals surface area contributed by atoms with E-state index in [1.807, 2.05) is 0 Å². The Bertz CT molecular complexity index is 1140. The molecule has 2 aliphatic rings. The number of hydrogen-bond acceptors (Lipinski definition) is 11. The van der Waals surface area contributed by atoms with Crippen LogP contribution in [0.4, 0.5) is 4.79 Å². The normalized spacial score (nSPS) is 31.3. The smallest absolute Gasteiger partial charge is 0.459 e. The van der Waals surface area contributed by atoms with E-state index >= 15 is 0 Å². The van der Waals surface area contributed by atoms with Crippen LogP contribution in [-0.4, -0.2) is 75.6 Å². The molecule has 1 aromatic carbocycles. The van der Waals surface area contributed by atoms with Gasteiger partial charge < -0.3 is 35.3 Å². The van der Waals surface area contributed by atoms with Gasteiger partial charge in [-0.3, -0.25) is 14.2 Å². The third-order valence-corrected chi connectivity index (χ3v) is 7.46. The minimum atomic E-state index is -4.35. The Morgan fingerprint density at radius 3 is 2.61 bits per heavy atom. The second-order valence-corrected chi connectivity index (χ2v) is 10.9. The van der Waals surface area contributed by atoms with Crippen LogP contribution in [0.1, 0.15) is 27.7 Å². The van der Waals surface area contributed by atoms with Gasteiger partial charge in [0.15, 0.2) is 5.60 Å². The molecule has 0 radical (unpaired) electrons. The topological polar surface area (TPSA) is 206 Å². The Morgan fingerprint density at radius 1 is 1.37 bits per heavy atom. The standard InChI is InChI=1S/C23H32N5O9P/c1-14(2)35-20(30)15(3)27-38(33,37-16-8-6-5-7-9-16)34-12-17-19(29)22(4,32)23(13-24,36-17)28-11-10-18(25)26-21(28)31/h5-11,14-15,17-19,29,32H,12,25H2,1-4H3,(H,26,31)(H,27,33)/t15-,17+,18?,19+,22+,23+,38?/m0/s1. The van der Waals surface area contributed by atoms with Crippen molar-refractivity contribution >= 4 is 19.7 Å². The van der Waals surface area contributed by atoms with Crippen LogP contribution >= 0.6 is 7.75 Å². The van der Waals surface area contributed by atoms with Gasteiger partial charge in [-0.2, -0.15) is 10.3 Å². The first-order valence-electron chi connectivity index (χ1n) is 11.8. The van der Waals surface area contributed by atoms with Gasteiger partial charge in [-0.15, -0.1) is 0 Å². The molecule has 0 spiro atoms. The molecule has 6 N–H and O–H groups in total. The molecule has 1 fully saturated rings. The summed E-state index contributed by atoms with van der Waals surface area (Å²) < 4.78 is 35.6. The summed E-state index contributed by atoms with van der Waals surface area (Å²) in [6.07, 6.45) is -2.01. The Kier molecular flexibility index (Phi) is 8.85. The van der Waals surface area contributed by atoms with Crippen molar-refractivity contribution in [2.24, 2.45) is 5.73 Å². The summed E-state index contributed by atoms with van der Waals surface area (Å²) >= 11 is 0. The van der Waals surface area contributed by atoms with Crippen LogP contribution < -0.4 is 20.7 Å². The second-order valence-electron chi connectivity index (χ2n) is 9.23. The number of nitrogens with zero attached hydrogens (tertiary/aromatic N) is 2. The first kappa shape index (κ1) is 29.5. The third-order valence-electron chi connectivity index (χ3n) is 5.81. The minimum Gasteiger partial charge on any atom is -0.462 e. The number of nitrogens with two attached hydrogens (primary N) is 1. The lowest BCUT2D eigenvalue weighted by atomic mass is 9.87. The highest BCUT2D eigenvalue weighted by Crippen LogP contribution is 2.48. The number of ether oxygens (including phenoxy) is 2. The summed E-state index contributed by atoms with van der Waals surface area (Å²) in [5.74, 6) is -0.573. The van der Waals surface area contributed by atoms with Gasteiger partial charge in [-0.25, -0.2) is 9.36 Å². The quantitative estimate of drug-likeness (QED) is 0.200. The number of urea groups is 1. The number of aliphatic hydroxyl groups excluding tert-OH is 1. The predicted molar refractivity (Wildman–Crippen MR) is 132 cm³/mol. The monoisotopic (exact) mass is 553 g/mol. The Balaban J connectivity index is 1.84. The number of aliphatic hydroxyl groups is 2. The molecule has 2 amide bonds. The predicted octanol–water partition coefficient (Wildman–Crippen LogP) is 0.674. The Labute approximate surface area is 219 Å². The zero-order chi connectivity index (χ0) is 28.3. The molecule has 1 saturated heterocycles. The first-order chi connectivity index (χ1) is 17.7. The van der Waals surface area contributed by atoms with Crippen molar-refractivity contribution in [3.8, 4) is 11.8 Å². The third kappa shape index (κ3) is 6.00. The molecule has 38 heavy (non-hydrogen) atoms. The van der Waals surface area contributed by atoms with Crippen molar-refractivity contribution < 1.29 is 42.9 Å². The van der Waals surface area contributed by atoms with Crippen LogP contribution in [0.2, 0.25) is 0 Å². The summed E-state index contributed by atoms with van der Waals surface area (Å²) in [6, 6.07) is 7.74. The molecule has 0 saturated carbocycles. The summed E-state index contributed by atoms with van der Waals surface area (Å²) in [6.45, 7) is 5.13. The minimum absolute atomic E-state index is 0.144. The molecule has 1 aromatic rings. The number of nitriles is 1. The molecule has 2 heterocycles. The number of rotatable bonds is 10. The fourth-order valence-electron chi connectivity index (χ4n) is 3.85. The molecule has 7 atom stereocenters. The molecule has 0 aromatic heterocycles. The maximum atomic E-state index is 13.7. The van der Waals surface area contributed by atoms with Gasteiger partial charge >= 0.3 is 19.7 Å². The molecular formula is C23H32N5O9P. The lowest BCUT2D eigenvalue weighted by Gasteiger charge is -2.41. The fourth-order valence-corrected chi connectivity index (χ4v) is 5.35. The van der Waals surface area contributed by atoms with Crippen molar-refractivity contribution in [3.63, 3.8) is 0 Å². The molecule has 2 unspecified atom stereocenters. The van der Waals surface area contributed by atoms with Gasteiger partial charge in [-0.05, 0) is 45.9 Å². The van der Waals surface area contributed by atoms with Crippen LogP contribution in [0, 0.1) is 11.3 Å². The summed E-state index contributed by atoms with van der Waals surface area (Å²) in [4.78, 5) is 25.6. The average Bonchev–Trinajstić information content (AvgIpc) is 3.03. The highest BCUT2D eigenvalue weighted by Gasteiger charge is 2.67. The van der Waals surface area contributed by atoms with Crippen molar-refractivity contribution in [2.45, 2.75) is 69.5 Å². The van der Waals surface area contributed by atoms with Gasteiger partial charge in [-0.1, -0.05) is 18.2 Å². The molecule has 0 bridgehead atoms. The van der Waals surface area contributed by atoms with Crippen LogP contribution in [0.3, 0.4) is 0 Å². The average molecular weight is 554 g/mol. The number of para-hydroxylation sites is 1. The van der Waals surface area contributed by atoms with Gasteiger partial charge in [0.1, 0.15) is 30.1 Å².